The quantitative estimate of drug-likeness (QED) is 0.137. The average molecular weight is 584 g/mol. The monoisotopic (exact) mass is 584 g/mol. The van der Waals surface area contributed by atoms with Crippen molar-refractivity contribution in [3.63, 3.8) is 0 Å². The Kier molecular flexibility index (Phi) is 8.55. The van der Waals surface area contributed by atoms with Gasteiger partial charge in [-0.25, -0.2) is 22.0 Å². The van der Waals surface area contributed by atoms with Crippen LogP contribution >= 0.6 is 0 Å². The van der Waals surface area contributed by atoms with Gasteiger partial charge in [0.1, 0.15) is 23.1 Å². The third-order valence-electron chi connectivity index (χ3n) is 6.09. The number of aryl methyl sites for hydroxylation is 1. The van der Waals surface area contributed by atoms with E-state index in [1.165, 1.54) is 18.2 Å². The van der Waals surface area contributed by atoms with Crippen LogP contribution in [-0.2, 0) is 18.6 Å². The van der Waals surface area contributed by atoms with Gasteiger partial charge in [0.05, 0.1) is 11.1 Å². The smallest absolute Gasteiger partial charge is 0.429 e. The summed E-state index contributed by atoms with van der Waals surface area (Å²) in [6.07, 6.45) is -6.23. The zero-order valence-electron chi connectivity index (χ0n) is 21.3. The Balaban J connectivity index is 1.49. The van der Waals surface area contributed by atoms with Crippen LogP contribution in [0.25, 0.3) is 11.1 Å². The average Bonchev–Trinajstić information content (AvgIpc) is 2.90. The highest BCUT2D eigenvalue weighted by Crippen LogP contribution is 2.37. The van der Waals surface area contributed by atoms with Gasteiger partial charge in [0.2, 0.25) is 0 Å². The first-order valence-corrected chi connectivity index (χ1v) is 12.3. The van der Waals surface area contributed by atoms with Crippen molar-refractivity contribution in [2.75, 3.05) is 0 Å². The lowest BCUT2D eigenvalue weighted by atomic mass is 10.0. The standard InChI is InChI=1S/C30H21F9O2/c1-2-3-4-17-5-11-22(24(31)13-17)29(36,37)40-20-9-6-18(7-10-20)19-8-12-23(25(32)14-19)30(38,39)41-21-15-26(33)28(35)27(34)16-21/h5-16H,2-4H2,1H3. The number of unbranched alkanes of at least 4 members (excludes halogenated alkanes) is 1. The van der Waals surface area contributed by atoms with Crippen molar-refractivity contribution in [2.24, 2.45) is 0 Å². The van der Waals surface area contributed by atoms with Crippen molar-refractivity contribution in [2.45, 2.75) is 38.4 Å². The lowest BCUT2D eigenvalue weighted by Crippen LogP contribution is -2.23. The SMILES string of the molecule is CCCCc1ccc(C(F)(F)Oc2ccc(-c3ccc(C(F)(F)Oc4cc(F)c(F)c(F)c4)c(F)c3)cc2)c(F)c1. The number of alkyl halides is 4. The van der Waals surface area contributed by atoms with Gasteiger partial charge in [0, 0.05) is 12.1 Å². The van der Waals surface area contributed by atoms with Crippen molar-refractivity contribution in [1.29, 1.82) is 0 Å². The molecule has 11 heteroatoms. The van der Waals surface area contributed by atoms with E-state index in [0.29, 0.717) is 24.1 Å². The van der Waals surface area contributed by atoms with Gasteiger partial charge in [0.25, 0.3) is 0 Å². The second-order valence-corrected chi connectivity index (χ2v) is 9.08. The maximum atomic E-state index is 14.7. The molecule has 0 N–H and O–H groups in total. The molecule has 0 spiro atoms. The summed E-state index contributed by atoms with van der Waals surface area (Å²) in [5.74, 6) is -9.44. The minimum absolute atomic E-state index is 0.0629. The van der Waals surface area contributed by atoms with Crippen LogP contribution in [0.2, 0.25) is 0 Å². The second-order valence-electron chi connectivity index (χ2n) is 9.08. The van der Waals surface area contributed by atoms with E-state index in [1.807, 2.05) is 6.92 Å². The van der Waals surface area contributed by atoms with Gasteiger partial charge in [-0.2, -0.15) is 17.6 Å². The molecule has 41 heavy (non-hydrogen) atoms. The summed E-state index contributed by atoms with van der Waals surface area (Å²) in [5.41, 5.74) is -1.37. The fourth-order valence-electron chi connectivity index (χ4n) is 3.97. The van der Waals surface area contributed by atoms with E-state index in [-0.39, 0.29) is 29.0 Å². The number of hydrogen-bond acceptors (Lipinski definition) is 2. The highest BCUT2D eigenvalue weighted by atomic mass is 19.3. The van der Waals surface area contributed by atoms with Crippen LogP contribution in [0.5, 0.6) is 11.5 Å². The Morgan fingerprint density at radius 2 is 1.07 bits per heavy atom. The molecule has 0 atom stereocenters. The molecule has 4 aromatic carbocycles. The Morgan fingerprint density at radius 3 is 1.61 bits per heavy atom. The van der Waals surface area contributed by atoms with Gasteiger partial charge < -0.3 is 9.47 Å². The number of halogens is 9. The van der Waals surface area contributed by atoms with E-state index in [4.69, 9.17) is 4.74 Å². The first kappa shape index (κ1) is 29.8. The molecule has 0 fully saturated rings. The van der Waals surface area contributed by atoms with Crippen molar-refractivity contribution < 1.29 is 49.0 Å². The van der Waals surface area contributed by atoms with E-state index in [0.717, 1.165) is 43.2 Å². The minimum atomic E-state index is -4.40. The zero-order chi connectivity index (χ0) is 29.9. The summed E-state index contributed by atoms with van der Waals surface area (Å²) < 4.78 is 136. The zero-order valence-corrected chi connectivity index (χ0v) is 21.3. The molecule has 0 saturated heterocycles. The van der Waals surface area contributed by atoms with E-state index in [9.17, 15) is 39.5 Å². The highest BCUT2D eigenvalue weighted by molar-refractivity contribution is 5.64. The summed E-state index contributed by atoms with van der Waals surface area (Å²) in [6.45, 7) is 1.95. The molecule has 0 radical (unpaired) electrons. The van der Waals surface area contributed by atoms with Gasteiger partial charge in [-0.3, -0.25) is 0 Å². The number of benzene rings is 4. The first-order chi connectivity index (χ1) is 19.3. The Hall–Kier alpha value is -4.15. The molecule has 0 amide bonds. The van der Waals surface area contributed by atoms with Crippen LogP contribution in [-0.4, -0.2) is 0 Å². The van der Waals surface area contributed by atoms with Gasteiger partial charge >= 0.3 is 12.2 Å². The van der Waals surface area contributed by atoms with E-state index >= 15 is 0 Å². The molecule has 0 aliphatic heterocycles. The maximum absolute atomic E-state index is 14.7. The molecular weight excluding hydrogens is 563 g/mol. The van der Waals surface area contributed by atoms with Crippen LogP contribution in [0.1, 0.15) is 36.5 Å². The van der Waals surface area contributed by atoms with Crippen LogP contribution in [0.4, 0.5) is 39.5 Å². The summed E-state index contributed by atoms with van der Waals surface area (Å²) in [7, 11) is 0. The fraction of sp³-hybridized carbons (Fsp3) is 0.200. The molecule has 4 rings (SSSR count). The maximum Gasteiger partial charge on any atom is 0.429 e. The number of rotatable bonds is 10. The summed E-state index contributed by atoms with van der Waals surface area (Å²) in [6, 6.07) is 10.9. The van der Waals surface area contributed by atoms with E-state index in [2.05, 4.69) is 4.74 Å². The van der Waals surface area contributed by atoms with Crippen molar-refractivity contribution in [3.05, 3.63) is 119 Å². The molecule has 0 aliphatic carbocycles. The lowest BCUT2D eigenvalue weighted by Gasteiger charge is -2.20. The third kappa shape index (κ3) is 6.78. The van der Waals surface area contributed by atoms with Gasteiger partial charge in [0.15, 0.2) is 17.5 Å². The number of hydrogen-bond donors (Lipinski definition) is 0. The normalized spacial score (nSPS) is 12.0. The van der Waals surface area contributed by atoms with Crippen LogP contribution in [0, 0.1) is 29.1 Å². The van der Waals surface area contributed by atoms with E-state index in [1.54, 1.807) is 0 Å². The van der Waals surface area contributed by atoms with Crippen molar-refractivity contribution in [1.82, 2.24) is 0 Å². The summed E-state index contributed by atoms with van der Waals surface area (Å²) in [5, 5.41) is 0. The minimum Gasteiger partial charge on any atom is -0.429 e. The first-order valence-electron chi connectivity index (χ1n) is 12.3. The highest BCUT2D eigenvalue weighted by Gasteiger charge is 2.39. The molecule has 0 unspecified atom stereocenters. The van der Waals surface area contributed by atoms with Gasteiger partial charge in [-0.1, -0.05) is 37.6 Å². The Labute approximate surface area is 229 Å². The fourth-order valence-corrected chi connectivity index (χ4v) is 3.97. The molecule has 0 bridgehead atoms. The molecule has 0 heterocycles. The molecular formula is C30H21F9O2. The third-order valence-corrected chi connectivity index (χ3v) is 6.09. The van der Waals surface area contributed by atoms with Gasteiger partial charge in [-0.05, 0) is 65.9 Å². The van der Waals surface area contributed by atoms with Crippen LogP contribution in [0.15, 0.2) is 72.8 Å². The summed E-state index contributed by atoms with van der Waals surface area (Å²) >= 11 is 0. The Bertz CT molecular complexity index is 1510. The predicted octanol–water partition coefficient (Wildman–Crippen LogP) is 9.65. The Morgan fingerprint density at radius 1 is 0.561 bits per heavy atom. The second kappa shape index (κ2) is 11.8. The lowest BCUT2D eigenvalue weighted by molar-refractivity contribution is -0.188. The van der Waals surface area contributed by atoms with Gasteiger partial charge in [-0.15, -0.1) is 0 Å². The molecule has 0 aromatic heterocycles. The topological polar surface area (TPSA) is 18.5 Å². The predicted molar refractivity (Wildman–Crippen MR) is 132 cm³/mol. The molecule has 0 aliphatic rings. The van der Waals surface area contributed by atoms with E-state index < -0.39 is 58.2 Å². The molecule has 4 aromatic rings. The van der Waals surface area contributed by atoms with Crippen LogP contribution < -0.4 is 9.47 Å². The largest absolute Gasteiger partial charge is 0.429 e. The van der Waals surface area contributed by atoms with Crippen molar-refractivity contribution >= 4 is 0 Å². The molecule has 216 valence electrons. The van der Waals surface area contributed by atoms with Crippen molar-refractivity contribution in [3.8, 4) is 22.6 Å². The van der Waals surface area contributed by atoms with Crippen LogP contribution in [0.3, 0.4) is 0 Å². The molecule has 0 saturated carbocycles. The molecule has 2 nitrogen and oxygen atoms in total. The summed E-state index contributed by atoms with van der Waals surface area (Å²) in [4.78, 5) is 0. The number of ether oxygens (including phenoxy) is 2.